The van der Waals surface area contributed by atoms with Crippen molar-refractivity contribution in [3.05, 3.63) is 22.7 Å². The molecule has 1 saturated heterocycles. The first-order chi connectivity index (χ1) is 9.49. The van der Waals surface area contributed by atoms with Gasteiger partial charge in [-0.15, -0.1) is 12.8 Å². The molecule has 0 amide bonds. The van der Waals surface area contributed by atoms with Gasteiger partial charge in [-0.25, -0.2) is 4.79 Å². The zero-order valence-electron chi connectivity index (χ0n) is 10.4. The van der Waals surface area contributed by atoms with Crippen molar-refractivity contribution in [3.63, 3.8) is 0 Å². The molecule has 20 heavy (non-hydrogen) atoms. The zero-order valence-corrected chi connectivity index (χ0v) is 10.4. The molecule has 0 saturated carbocycles. The number of nitrogen functional groups attached to an aromatic ring is 1. The Morgan fingerprint density at radius 3 is 2.80 bits per heavy atom. The normalized spacial score (nSPS) is 32.5. The van der Waals surface area contributed by atoms with E-state index in [4.69, 9.17) is 23.3 Å². The highest BCUT2D eigenvalue weighted by molar-refractivity contribution is 5.25. The molecule has 7 nitrogen and oxygen atoms in total. The summed E-state index contributed by atoms with van der Waals surface area (Å²) in [5.41, 5.74) is 3.06. The Bertz CT molecular complexity index is 657. The van der Waals surface area contributed by atoms with Crippen molar-refractivity contribution in [1.82, 2.24) is 9.55 Å². The zero-order chi connectivity index (χ0) is 14.9. The molecule has 0 unspecified atom stereocenters. The second kappa shape index (κ2) is 4.99. The molecule has 4 N–H and O–H groups in total. The molecular formula is C13H13N3O4. The number of aliphatic hydroxyl groups is 2. The summed E-state index contributed by atoms with van der Waals surface area (Å²) in [4.78, 5) is 15.4. The fraction of sp³-hybridized carbons (Fsp3) is 0.385. The second-order valence-electron chi connectivity index (χ2n) is 4.38. The standard InChI is InChI=1S/C13H13N3O4/c1-3-8-10(18)13(4-2,7-17)20-11(8)16-6-5-9(14)15-12(16)19/h1-2,5-6,8,10-11,17-18H,7H2,(H2,14,15,19)/t8-,10-,11+,13+/m0/s1. The van der Waals surface area contributed by atoms with E-state index in [1.54, 1.807) is 0 Å². The Morgan fingerprint density at radius 1 is 1.60 bits per heavy atom. The highest BCUT2D eigenvalue weighted by atomic mass is 16.6. The average molecular weight is 275 g/mol. The monoisotopic (exact) mass is 275 g/mol. The molecule has 2 heterocycles. The lowest BCUT2D eigenvalue weighted by Crippen LogP contribution is -2.43. The molecule has 0 radical (unpaired) electrons. The van der Waals surface area contributed by atoms with Crippen LogP contribution in [0.5, 0.6) is 0 Å². The maximum Gasteiger partial charge on any atom is 0.351 e. The molecule has 1 aliphatic rings. The quantitative estimate of drug-likeness (QED) is 0.557. The van der Waals surface area contributed by atoms with Gasteiger partial charge in [-0.3, -0.25) is 4.57 Å². The van der Waals surface area contributed by atoms with Gasteiger partial charge in [0, 0.05) is 6.20 Å². The molecule has 0 bridgehead atoms. The van der Waals surface area contributed by atoms with Crippen LogP contribution in [-0.4, -0.2) is 38.1 Å². The SMILES string of the molecule is C#C[C@@H]1[C@H](n2ccc(N)nc2=O)O[C@](C#C)(CO)[C@H]1O. The van der Waals surface area contributed by atoms with Gasteiger partial charge >= 0.3 is 5.69 Å². The van der Waals surface area contributed by atoms with Crippen molar-refractivity contribution in [2.45, 2.75) is 17.9 Å². The summed E-state index contributed by atoms with van der Waals surface area (Å²) in [7, 11) is 0. The fourth-order valence-corrected chi connectivity index (χ4v) is 2.12. The van der Waals surface area contributed by atoms with Crippen LogP contribution in [0.3, 0.4) is 0 Å². The minimum absolute atomic E-state index is 0.0485. The third-order valence-electron chi connectivity index (χ3n) is 3.25. The highest BCUT2D eigenvalue weighted by Crippen LogP contribution is 2.40. The Balaban J connectivity index is 2.50. The summed E-state index contributed by atoms with van der Waals surface area (Å²) in [6, 6.07) is 1.39. The van der Waals surface area contributed by atoms with E-state index >= 15 is 0 Å². The molecule has 2 rings (SSSR count). The molecule has 104 valence electrons. The number of nitrogens with zero attached hydrogens (tertiary/aromatic N) is 2. The summed E-state index contributed by atoms with van der Waals surface area (Å²) in [5.74, 6) is 3.67. The number of hydrogen-bond acceptors (Lipinski definition) is 6. The maximum absolute atomic E-state index is 11.8. The average Bonchev–Trinajstić information content (AvgIpc) is 2.71. The van der Waals surface area contributed by atoms with E-state index in [9.17, 15) is 15.0 Å². The third kappa shape index (κ3) is 1.95. The lowest BCUT2D eigenvalue weighted by molar-refractivity contribution is -0.0916. The van der Waals surface area contributed by atoms with Gasteiger partial charge in [0.2, 0.25) is 0 Å². The van der Waals surface area contributed by atoms with Crippen LogP contribution in [0.4, 0.5) is 5.82 Å². The molecule has 4 atom stereocenters. The Kier molecular flexibility index (Phi) is 3.51. The Labute approximate surface area is 115 Å². The van der Waals surface area contributed by atoms with E-state index in [1.807, 2.05) is 0 Å². The first kappa shape index (κ1) is 14.1. The van der Waals surface area contributed by atoms with E-state index in [-0.39, 0.29) is 5.82 Å². The summed E-state index contributed by atoms with van der Waals surface area (Å²) in [6.07, 6.45) is 9.67. The molecule has 7 heteroatoms. The van der Waals surface area contributed by atoms with E-state index in [1.165, 1.54) is 12.3 Å². The molecule has 1 aromatic rings. The third-order valence-corrected chi connectivity index (χ3v) is 3.25. The van der Waals surface area contributed by atoms with Gasteiger partial charge in [0.15, 0.2) is 11.8 Å². The van der Waals surface area contributed by atoms with Crippen LogP contribution < -0.4 is 11.4 Å². The van der Waals surface area contributed by atoms with Crippen LogP contribution in [0.15, 0.2) is 17.1 Å². The van der Waals surface area contributed by atoms with Crippen LogP contribution in [0, 0.1) is 30.6 Å². The first-order valence-electron chi connectivity index (χ1n) is 5.74. The minimum Gasteiger partial charge on any atom is -0.392 e. The number of nitrogens with two attached hydrogens (primary N) is 1. The van der Waals surface area contributed by atoms with Crippen molar-refractivity contribution < 1.29 is 14.9 Å². The number of rotatable bonds is 2. The summed E-state index contributed by atoms with van der Waals surface area (Å²) >= 11 is 0. The Hall–Kier alpha value is -2.32. The molecule has 0 aromatic carbocycles. The smallest absolute Gasteiger partial charge is 0.351 e. The lowest BCUT2D eigenvalue weighted by atomic mass is 9.91. The van der Waals surface area contributed by atoms with Gasteiger partial charge in [-0.2, -0.15) is 4.98 Å². The largest absolute Gasteiger partial charge is 0.392 e. The maximum atomic E-state index is 11.8. The van der Waals surface area contributed by atoms with E-state index in [2.05, 4.69) is 16.8 Å². The van der Waals surface area contributed by atoms with E-state index in [0.717, 1.165) is 4.57 Å². The van der Waals surface area contributed by atoms with Crippen molar-refractivity contribution in [1.29, 1.82) is 0 Å². The predicted molar refractivity (Wildman–Crippen MR) is 70.0 cm³/mol. The van der Waals surface area contributed by atoms with Gasteiger partial charge in [-0.05, 0) is 6.07 Å². The van der Waals surface area contributed by atoms with Gasteiger partial charge in [-0.1, -0.05) is 11.8 Å². The minimum atomic E-state index is -1.65. The van der Waals surface area contributed by atoms with Crippen molar-refractivity contribution >= 4 is 5.82 Å². The number of terminal acetylenes is 2. The van der Waals surface area contributed by atoms with Crippen LogP contribution >= 0.6 is 0 Å². The van der Waals surface area contributed by atoms with E-state index < -0.39 is 36.1 Å². The molecule has 0 aliphatic carbocycles. The van der Waals surface area contributed by atoms with Gasteiger partial charge in [0.25, 0.3) is 0 Å². The summed E-state index contributed by atoms with van der Waals surface area (Å²) in [5, 5.41) is 19.5. The van der Waals surface area contributed by atoms with Gasteiger partial charge in [0.1, 0.15) is 11.9 Å². The van der Waals surface area contributed by atoms with Crippen LogP contribution in [0.25, 0.3) is 0 Å². The number of ether oxygens (including phenoxy) is 1. The molecule has 0 spiro atoms. The molecule has 1 aliphatic heterocycles. The van der Waals surface area contributed by atoms with Crippen LogP contribution in [0.2, 0.25) is 0 Å². The van der Waals surface area contributed by atoms with Crippen molar-refractivity contribution in [2.24, 2.45) is 5.92 Å². The second-order valence-corrected chi connectivity index (χ2v) is 4.38. The summed E-state index contributed by atoms with van der Waals surface area (Å²) < 4.78 is 6.56. The number of anilines is 1. The van der Waals surface area contributed by atoms with Gasteiger partial charge in [0.05, 0.1) is 12.5 Å². The fourth-order valence-electron chi connectivity index (χ4n) is 2.12. The molecular weight excluding hydrogens is 262 g/mol. The van der Waals surface area contributed by atoms with Gasteiger partial charge < -0.3 is 20.7 Å². The van der Waals surface area contributed by atoms with E-state index in [0.29, 0.717) is 0 Å². The first-order valence-corrected chi connectivity index (χ1v) is 5.74. The van der Waals surface area contributed by atoms with Crippen molar-refractivity contribution in [2.75, 3.05) is 12.3 Å². The molecule has 1 fully saturated rings. The summed E-state index contributed by atoms with van der Waals surface area (Å²) in [6.45, 7) is -0.628. The number of aliphatic hydroxyl groups excluding tert-OH is 2. The topological polar surface area (TPSA) is 111 Å². The number of hydrogen-bond donors (Lipinski definition) is 3. The Morgan fingerprint density at radius 2 is 2.30 bits per heavy atom. The lowest BCUT2D eigenvalue weighted by Gasteiger charge is -2.23. The molecule has 1 aromatic heterocycles. The van der Waals surface area contributed by atoms with Crippen LogP contribution in [0.1, 0.15) is 6.23 Å². The van der Waals surface area contributed by atoms with Crippen LogP contribution in [-0.2, 0) is 4.74 Å². The predicted octanol–water partition coefficient (Wildman–Crippen LogP) is -1.67. The van der Waals surface area contributed by atoms with Crippen molar-refractivity contribution in [3.8, 4) is 24.7 Å². The number of aromatic nitrogens is 2. The highest BCUT2D eigenvalue weighted by Gasteiger charge is 2.54.